The first-order chi connectivity index (χ1) is 9.99. The van der Waals surface area contributed by atoms with E-state index in [-0.39, 0.29) is 12.5 Å². The van der Waals surface area contributed by atoms with Gasteiger partial charge in [0.1, 0.15) is 0 Å². The Morgan fingerprint density at radius 1 is 1.19 bits per heavy atom. The summed E-state index contributed by atoms with van der Waals surface area (Å²) in [6.45, 7) is 0.730. The number of nitrogens with zero attached hydrogens (tertiary/aromatic N) is 1. The molecule has 1 aromatic rings. The van der Waals surface area contributed by atoms with Gasteiger partial charge in [-0.05, 0) is 24.0 Å². The molecular weight excluding hydrogens is 270 g/mol. The summed E-state index contributed by atoms with van der Waals surface area (Å²) in [7, 11) is 0. The molecule has 112 valence electrons. The third kappa shape index (κ3) is 2.53. The van der Waals surface area contributed by atoms with E-state index in [0.29, 0.717) is 32.2 Å². The molecule has 5 heteroatoms. The smallest absolute Gasteiger partial charge is 0.308 e. The van der Waals surface area contributed by atoms with Gasteiger partial charge < -0.3 is 15.1 Å². The van der Waals surface area contributed by atoms with Crippen molar-refractivity contribution in [1.29, 1.82) is 0 Å². The highest BCUT2D eigenvalue weighted by Gasteiger charge is 2.45. The molecule has 0 spiro atoms. The Morgan fingerprint density at radius 3 is 2.38 bits per heavy atom. The van der Waals surface area contributed by atoms with Crippen LogP contribution in [0.25, 0.3) is 0 Å². The van der Waals surface area contributed by atoms with E-state index in [9.17, 15) is 14.7 Å². The molecule has 1 aromatic carbocycles. The van der Waals surface area contributed by atoms with E-state index in [1.807, 2.05) is 24.3 Å². The predicted octanol–water partition coefficient (Wildman–Crippen LogP) is 0.839. The number of likely N-dealkylation sites (tertiary alicyclic amines) is 1. The highest BCUT2D eigenvalue weighted by molar-refractivity contribution is 5.87. The van der Waals surface area contributed by atoms with Crippen molar-refractivity contribution < 1.29 is 19.8 Å². The third-order valence-corrected chi connectivity index (χ3v) is 4.54. The number of benzene rings is 1. The number of carbonyl (C=O) groups excluding carboxylic acids is 1. The standard InChI is InChI=1S/C16H19NO4/c18-14(19)13-6-3-7-17(10-13)15(20)16(21)8-11-4-1-2-5-12(11)9-16/h1-2,4-5,13,21H,3,6-10H2,(H,18,19). The molecule has 2 aliphatic rings. The zero-order valence-electron chi connectivity index (χ0n) is 11.8. The van der Waals surface area contributed by atoms with Crippen molar-refractivity contribution in [2.24, 2.45) is 5.92 Å². The van der Waals surface area contributed by atoms with Gasteiger partial charge in [-0.2, -0.15) is 0 Å². The Balaban J connectivity index is 1.75. The maximum atomic E-state index is 12.6. The van der Waals surface area contributed by atoms with Crippen molar-refractivity contribution in [3.05, 3.63) is 35.4 Å². The Kier molecular flexibility index (Phi) is 3.45. The molecule has 1 unspecified atom stereocenters. The average molecular weight is 289 g/mol. The zero-order chi connectivity index (χ0) is 15.0. The minimum atomic E-state index is -1.41. The van der Waals surface area contributed by atoms with Gasteiger partial charge >= 0.3 is 5.97 Å². The number of rotatable bonds is 2. The molecule has 1 fully saturated rings. The first kappa shape index (κ1) is 14.1. The van der Waals surface area contributed by atoms with E-state index in [4.69, 9.17) is 5.11 Å². The molecule has 1 saturated heterocycles. The van der Waals surface area contributed by atoms with Gasteiger partial charge in [0.05, 0.1) is 5.92 Å². The largest absolute Gasteiger partial charge is 0.481 e. The minimum Gasteiger partial charge on any atom is -0.481 e. The van der Waals surface area contributed by atoms with Gasteiger partial charge in [-0.3, -0.25) is 9.59 Å². The summed E-state index contributed by atoms with van der Waals surface area (Å²) in [5.74, 6) is -1.71. The van der Waals surface area contributed by atoms with Gasteiger partial charge in [0.25, 0.3) is 5.91 Å². The molecule has 1 amide bonds. The fourth-order valence-corrected chi connectivity index (χ4v) is 3.40. The molecule has 0 bridgehead atoms. The van der Waals surface area contributed by atoms with E-state index in [1.54, 1.807) is 0 Å². The molecule has 21 heavy (non-hydrogen) atoms. The van der Waals surface area contributed by atoms with Crippen molar-refractivity contribution in [2.75, 3.05) is 13.1 Å². The van der Waals surface area contributed by atoms with Crippen molar-refractivity contribution >= 4 is 11.9 Å². The van der Waals surface area contributed by atoms with Crippen molar-refractivity contribution in [1.82, 2.24) is 4.90 Å². The summed E-state index contributed by atoms with van der Waals surface area (Å²) >= 11 is 0. The Labute approximate surface area is 123 Å². The highest BCUT2D eigenvalue weighted by Crippen LogP contribution is 2.32. The molecule has 1 atom stereocenters. The second-order valence-electron chi connectivity index (χ2n) is 6.08. The summed E-state index contributed by atoms with van der Waals surface area (Å²) < 4.78 is 0. The summed E-state index contributed by atoms with van der Waals surface area (Å²) in [5.41, 5.74) is 0.588. The molecule has 1 aliphatic carbocycles. The van der Waals surface area contributed by atoms with Crippen LogP contribution in [0.4, 0.5) is 0 Å². The number of fused-ring (bicyclic) bond motifs is 1. The molecule has 3 rings (SSSR count). The second-order valence-corrected chi connectivity index (χ2v) is 6.08. The van der Waals surface area contributed by atoms with Crippen molar-refractivity contribution in [3.63, 3.8) is 0 Å². The van der Waals surface area contributed by atoms with Crippen LogP contribution in [0.1, 0.15) is 24.0 Å². The number of carboxylic acids is 1. The molecular formula is C16H19NO4. The van der Waals surface area contributed by atoms with Crippen LogP contribution >= 0.6 is 0 Å². The average Bonchev–Trinajstić information content (AvgIpc) is 2.84. The lowest BCUT2D eigenvalue weighted by molar-refractivity contribution is -0.155. The predicted molar refractivity (Wildman–Crippen MR) is 75.7 cm³/mol. The summed E-state index contributed by atoms with van der Waals surface area (Å²) in [6.07, 6.45) is 1.90. The maximum Gasteiger partial charge on any atom is 0.308 e. The van der Waals surface area contributed by atoms with E-state index in [1.165, 1.54) is 4.90 Å². The Morgan fingerprint density at radius 2 is 1.81 bits per heavy atom. The lowest BCUT2D eigenvalue weighted by Crippen LogP contribution is -2.53. The van der Waals surface area contributed by atoms with Gasteiger partial charge in [-0.1, -0.05) is 24.3 Å². The number of aliphatic hydroxyl groups is 1. The van der Waals surface area contributed by atoms with Crippen LogP contribution < -0.4 is 0 Å². The van der Waals surface area contributed by atoms with Crippen LogP contribution in [0.5, 0.6) is 0 Å². The van der Waals surface area contributed by atoms with Crippen LogP contribution in [-0.4, -0.2) is 45.7 Å². The molecule has 0 saturated carbocycles. The van der Waals surface area contributed by atoms with Gasteiger partial charge in [0, 0.05) is 25.9 Å². The number of hydrogen-bond acceptors (Lipinski definition) is 3. The normalized spacial score (nSPS) is 23.7. The van der Waals surface area contributed by atoms with E-state index in [2.05, 4.69) is 0 Å². The summed E-state index contributed by atoms with van der Waals surface area (Å²) in [4.78, 5) is 25.3. The molecule has 1 heterocycles. The fraction of sp³-hybridized carbons (Fsp3) is 0.500. The highest BCUT2D eigenvalue weighted by atomic mass is 16.4. The first-order valence-corrected chi connectivity index (χ1v) is 7.31. The van der Waals surface area contributed by atoms with Crippen LogP contribution in [0, 0.1) is 5.92 Å². The monoisotopic (exact) mass is 289 g/mol. The van der Waals surface area contributed by atoms with Crippen LogP contribution in [0.15, 0.2) is 24.3 Å². The van der Waals surface area contributed by atoms with Crippen LogP contribution in [0.3, 0.4) is 0 Å². The lowest BCUT2D eigenvalue weighted by Gasteiger charge is -2.35. The molecule has 5 nitrogen and oxygen atoms in total. The molecule has 2 N–H and O–H groups in total. The Hall–Kier alpha value is -1.88. The molecule has 1 aliphatic heterocycles. The quantitative estimate of drug-likeness (QED) is 0.845. The van der Waals surface area contributed by atoms with Crippen molar-refractivity contribution in [2.45, 2.75) is 31.3 Å². The third-order valence-electron chi connectivity index (χ3n) is 4.54. The number of hydrogen-bond donors (Lipinski definition) is 2. The van der Waals surface area contributed by atoms with Gasteiger partial charge in [-0.15, -0.1) is 0 Å². The zero-order valence-corrected chi connectivity index (χ0v) is 11.8. The molecule has 0 aromatic heterocycles. The number of amides is 1. The number of aliphatic carboxylic acids is 1. The maximum absolute atomic E-state index is 12.6. The second kappa shape index (κ2) is 5.15. The molecule has 0 radical (unpaired) electrons. The van der Waals surface area contributed by atoms with Crippen LogP contribution in [-0.2, 0) is 22.4 Å². The number of carboxylic acid groups (broad SMARTS) is 1. The fourth-order valence-electron chi connectivity index (χ4n) is 3.40. The van der Waals surface area contributed by atoms with E-state index in [0.717, 1.165) is 11.1 Å². The van der Waals surface area contributed by atoms with Crippen molar-refractivity contribution in [3.8, 4) is 0 Å². The number of piperidine rings is 1. The summed E-state index contributed by atoms with van der Waals surface area (Å²) in [6, 6.07) is 7.65. The minimum absolute atomic E-state index is 0.201. The van der Waals surface area contributed by atoms with Gasteiger partial charge in [-0.25, -0.2) is 0 Å². The number of carbonyl (C=O) groups is 2. The SMILES string of the molecule is O=C(O)C1CCCN(C(=O)C2(O)Cc3ccccc3C2)C1. The topological polar surface area (TPSA) is 77.8 Å². The van der Waals surface area contributed by atoms with Crippen LogP contribution in [0.2, 0.25) is 0 Å². The Bertz CT molecular complexity index is 558. The lowest BCUT2D eigenvalue weighted by atomic mass is 9.93. The summed E-state index contributed by atoms with van der Waals surface area (Å²) in [5, 5.41) is 19.8. The van der Waals surface area contributed by atoms with Gasteiger partial charge in [0.2, 0.25) is 0 Å². The van der Waals surface area contributed by atoms with E-state index < -0.39 is 17.5 Å². The van der Waals surface area contributed by atoms with Gasteiger partial charge in [0.15, 0.2) is 5.60 Å². The first-order valence-electron chi connectivity index (χ1n) is 7.31. The van der Waals surface area contributed by atoms with E-state index >= 15 is 0 Å².